The number of hydrogen-bond acceptors (Lipinski definition) is 4. The molecule has 0 aromatic heterocycles. The lowest BCUT2D eigenvalue weighted by Crippen LogP contribution is -2.38. The maximum Gasteiger partial charge on any atom is 0.318 e. The van der Waals surface area contributed by atoms with E-state index in [1.54, 1.807) is 0 Å². The van der Waals surface area contributed by atoms with Crippen LogP contribution in [-0.4, -0.2) is 24.3 Å². The Labute approximate surface area is 108 Å². The van der Waals surface area contributed by atoms with E-state index in [1.807, 2.05) is 5.32 Å². The molecule has 18 heavy (non-hydrogen) atoms. The lowest BCUT2D eigenvalue weighted by molar-refractivity contribution is -0.121. The molecule has 0 bridgehead atoms. The standard InChI is InChI=1S/C11H11ClN2O4/c1-6(15)7-2-3-9(8(12)4-7)18-5-10(16)14-11(13)17/h2-4H,5H2,1H3,(H3,13,14,16,17). The second kappa shape index (κ2) is 6.02. The van der Waals surface area contributed by atoms with Crippen LogP contribution in [0.3, 0.4) is 0 Å². The Balaban J connectivity index is 2.66. The molecule has 0 aliphatic heterocycles. The van der Waals surface area contributed by atoms with Crippen molar-refractivity contribution in [2.75, 3.05) is 6.61 Å². The number of carbonyl (C=O) groups is 3. The molecule has 0 radical (unpaired) electrons. The molecule has 0 unspecified atom stereocenters. The summed E-state index contributed by atoms with van der Waals surface area (Å²) in [6.45, 7) is 1.01. The average molecular weight is 271 g/mol. The van der Waals surface area contributed by atoms with Crippen molar-refractivity contribution in [3.63, 3.8) is 0 Å². The van der Waals surface area contributed by atoms with Crippen LogP contribution in [0.2, 0.25) is 5.02 Å². The van der Waals surface area contributed by atoms with Crippen molar-refractivity contribution in [2.45, 2.75) is 6.92 Å². The van der Waals surface area contributed by atoms with Crippen LogP contribution >= 0.6 is 11.6 Å². The first-order valence-corrected chi connectivity index (χ1v) is 5.30. The van der Waals surface area contributed by atoms with Crippen LogP contribution in [0, 0.1) is 0 Å². The van der Waals surface area contributed by atoms with Gasteiger partial charge >= 0.3 is 6.03 Å². The summed E-state index contributed by atoms with van der Waals surface area (Å²) in [5.41, 5.74) is 5.19. The van der Waals surface area contributed by atoms with Crippen LogP contribution < -0.4 is 15.8 Å². The topological polar surface area (TPSA) is 98.5 Å². The van der Waals surface area contributed by atoms with Gasteiger partial charge in [0.25, 0.3) is 5.91 Å². The van der Waals surface area contributed by atoms with Gasteiger partial charge in [-0.05, 0) is 25.1 Å². The minimum Gasteiger partial charge on any atom is -0.482 e. The highest BCUT2D eigenvalue weighted by atomic mass is 35.5. The first-order valence-electron chi connectivity index (χ1n) is 4.92. The van der Waals surface area contributed by atoms with Crippen LogP contribution in [0.5, 0.6) is 5.75 Å². The van der Waals surface area contributed by atoms with Crippen molar-refractivity contribution >= 4 is 29.3 Å². The maximum absolute atomic E-state index is 11.1. The number of nitrogens with two attached hydrogens (primary N) is 1. The molecule has 0 heterocycles. The number of urea groups is 1. The van der Waals surface area contributed by atoms with Crippen LogP contribution in [0.1, 0.15) is 17.3 Å². The number of rotatable bonds is 4. The van der Waals surface area contributed by atoms with Gasteiger partial charge in [0.15, 0.2) is 12.4 Å². The first kappa shape index (κ1) is 14.0. The molecule has 0 spiro atoms. The van der Waals surface area contributed by atoms with Crippen molar-refractivity contribution in [3.8, 4) is 5.75 Å². The molecule has 0 aliphatic carbocycles. The second-order valence-electron chi connectivity index (χ2n) is 3.40. The summed E-state index contributed by atoms with van der Waals surface area (Å²) in [6.07, 6.45) is 0. The third-order valence-electron chi connectivity index (χ3n) is 1.96. The Morgan fingerprint density at radius 2 is 2.06 bits per heavy atom. The smallest absolute Gasteiger partial charge is 0.318 e. The number of ether oxygens (including phenoxy) is 1. The molecular weight excluding hydrogens is 260 g/mol. The molecule has 0 saturated heterocycles. The number of imide groups is 1. The summed E-state index contributed by atoms with van der Waals surface area (Å²) >= 11 is 5.86. The normalized spacial score (nSPS) is 9.67. The number of Topliss-reactive ketones (excluding diaryl/α,β-unsaturated/α-hetero) is 1. The van der Waals surface area contributed by atoms with Gasteiger partial charge in [-0.25, -0.2) is 4.79 Å². The monoisotopic (exact) mass is 270 g/mol. The van der Waals surface area contributed by atoms with E-state index in [0.29, 0.717) is 5.56 Å². The number of primary amides is 1. The zero-order chi connectivity index (χ0) is 13.7. The Hall–Kier alpha value is -2.08. The molecule has 1 aromatic carbocycles. The second-order valence-corrected chi connectivity index (χ2v) is 3.81. The highest BCUT2D eigenvalue weighted by Gasteiger charge is 2.09. The fraction of sp³-hybridized carbons (Fsp3) is 0.182. The van der Waals surface area contributed by atoms with Crippen molar-refractivity contribution < 1.29 is 19.1 Å². The van der Waals surface area contributed by atoms with Crippen LogP contribution in [0.25, 0.3) is 0 Å². The quantitative estimate of drug-likeness (QED) is 0.801. The zero-order valence-electron chi connectivity index (χ0n) is 9.53. The number of hydrogen-bond donors (Lipinski definition) is 2. The molecule has 0 saturated carbocycles. The Kier molecular flexibility index (Phi) is 4.67. The Bertz CT molecular complexity index is 502. The van der Waals surface area contributed by atoms with Gasteiger partial charge < -0.3 is 10.5 Å². The van der Waals surface area contributed by atoms with E-state index in [-0.39, 0.29) is 16.6 Å². The predicted octanol–water partition coefficient (Wildman–Crippen LogP) is 1.12. The number of amides is 3. The Morgan fingerprint density at radius 3 is 2.56 bits per heavy atom. The summed E-state index contributed by atoms with van der Waals surface area (Å²) in [6, 6.07) is 3.47. The lowest BCUT2D eigenvalue weighted by Gasteiger charge is -2.08. The largest absolute Gasteiger partial charge is 0.482 e. The van der Waals surface area contributed by atoms with Gasteiger partial charge in [-0.1, -0.05) is 11.6 Å². The third kappa shape index (κ3) is 4.06. The highest BCUT2D eigenvalue weighted by molar-refractivity contribution is 6.32. The first-order chi connectivity index (χ1) is 8.40. The minimum absolute atomic E-state index is 0.130. The van der Waals surface area contributed by atoms with Gasteiger partial charge in [-0.3, -0.25) is 14.9 Å². The fourth-order valence-electron chi connectivity index (χ4n) is 1.15. The summed E-state index contributed by atoms with van der Waals surface area (Å²) in [7, 11) is 0. The molecule has 7 heteroatoms. The summed E-state index contributed by atoms with van der Waals surface area (Å²) < 4.78 is 5.07. The van der Waals surface area contributed by atoms with E-state index in [4.69, 9.17) is 22.1 Å². The maximum atomic E-state index is 11.1. The summed E-state index contributed by atoms with van der Waals surface area (Å²) in [4.78, 5) is 32.5. The number of ketones is 1. The van der Waals surface area contributed by atoms with E-state index in [0.717, 1.165) is 0 Å². The van der Waals surface area contributed by atoms with Gasteiger partial charge in [0.05, 0.1) is 5.02 Å². The third-order valence-corrected chi connectivity index (χ3v) is 2.26. The summed E-state index contributed by atoms with van der Waals surface area (Å²) in [5.74, 6) is -0.578. The average Bonchev–Trinajstić information content (AvgIpc) is 2.26. The van der Waals surface area contributed by atoms with Crippen LogP contribution in [-0.2, 0) is 4.79 Å². The van der Waals surface area contributed by atoms with Crippen molar-refractivity contribution in [1.29, 1.82) is 0 Å². The lowest BCUT2D eigenvalue weighted by atomic mass is 10.1. The predicted molar refractivity (Wildman–Crippen MR) is 64.7 cm³/mol. The van der Waals surface area contributed by atoms with Gasteiger partial charge in [0.2, 0.25) is 0 Å². The van der Waals surface area contributed by atoms with Gasteiger partial charge in [0.1, 0.15) is 5.75 Å². The van der Waals surface area contributed by atoms with E-state index in [9.17, 15) is 14.4 Å². The molecule has 1 aromatic rings. The molecule has 6 nitrogen and oxygen atoms in total. The minimum atomic E-state index is -0.957. The SMILES string of the molecule is CC(=O)c1ccc(OCC(=O)NC(N)=O)c(Cl)c1. The molecule has 0 atom stereocenters. The number of nitrogens with one attached hydrogen (secondary N) is 1. The fourth-order valence-corrected chi connectivity index (χ4v) is 1.39. The number of benzene rings is 1. The molecule has 3 N–H and O–H groups in total. The van der Waals surface area contributed by atoms with Crippen LogP contribution in [0.4, 0.5) is 4.79 Å². The van der Waals surface area contributed by atoms with Crippen LogP contribution in [0.15, 0.2) is 18.2 Å². The number of halogens is 1. The van der Waals surface area contributed by atoms with E-state index in [1.165, 1.54) is 25.1 Å². The van der Waals surface area contributed by atoms with Crippen molar-refractivity contribution in [1.82, 2.24) is 5.32 Å². The highest BCUT2D eigenvalue weighted by Crippen LogP contribution is 2.25. The number of carbonyl (C=O) groups excluding carboxylic acids is 3. The molecule has 0 aliphatic rings. The van der Waals surface area contributed by atoms with E-state index < -0.39 is 18.5 Å². The zero-order valence-corrected chi connectivity index (χ0v) is 10.3. The van der Waals surface area contributed by atoms with E-state index >= 15 is 0 Å². The molecular formula is C11H11ClN2O4. The Morgan fingerprint density at radius 1 is 1.39 bits per heavy atom. The molecule has 3 amide bonds. The van der Waals surface area contributed by atoms with Crippen molar-refractivity contribution in [3.05, 3.63) is 28.8 Å². The van der Waals surface area contributed by atoms with E-state index in [2.05, 4.69) is 0 Å². The summed E-state index contributed by atoms with van der Waals surface area (Å²) in [5, 5.41) is 2.04. The molecule has 1 rings (SSSR count). The van der Waals surface area contributed by atoms with Crippen molar-refractivity contribution in [2.24, 2.45) is 5.73 Å². The molecule has 96 valence electrons. The van der Waals surface area contributed by atoms with Gasteiger partial charge in [-0.2, -0.15) is 0 Å². The molecule has 0 fully saturated rings. The van der Waals surface area contributed by atoms with Gasteiger partial charge in [0, 0.05) is 5.56 Å². The van der Waals surface area contributed by atoms with Gasteiger partial charge in [-0.15, -0.1) is 0 Å².